The minimum Gasteiger partial charge on any atom is -0.411 e. The van der Waals surface area contributed by atoms with Crippen molar-refractivity contribution in [2.24, 2.45) is 0 Å². The van der Waals surface area contributed by atoms with Crippen molar-refractivity contribution in [2.75, 3.05) is 6.54 Å². The normalized spacial score (nSPS) is 19.0. The van der Waals surface area contributed by atoms with Crippen LogP contribution in [0.2, 0.25) is 0 Å². The molecule has 0 radical (unpaired) electrons. The smallest absolute Gasteiger partial charge is 0.277 e. The van der Waals surface area contributed by atoms with Crippen LogP contribution in [0.3, 0.4) is 0 Å². The van der Waals surface area contributed by atoms with Gasteiger partial charge in [-0.05, 0) is 51.7 Å². The summed E-state index contributed by atoms with van der Waals surface area (Å²) in [5, 5.41) is 8.43. The van der Waals surface area contributed by atoms with Crippen LogP contribution in [0.15, 0.2) is 33.9 Å². The second kappa shape index (κ2) is 8.04. The molecule has 1 aromatic heterocycles. The van der Waals surface area contributed by atoms with Crippen molar-refractivity contribution in [1.29, 1.82) is 0 Å². The lowest BCUT2D eigenvalue weighted by Crippen LogP contribution is -2.46. The maximum atomic E-state index is 12.8. The number of amides is 1. The second-order valence-electron chi connectivity index (χ2n) is 6.59. The number of nitrogens with zero attached hydrogens (tertiary/aromatic N) is 3. The lowest BCUT2D eigenvalue weighted by atomic mass is 10.00. The van der Waals surface area contributed by atoms with E-state index in [-0.39, 0.29) is 11.2 Å². The molecule has 5 nitrogen and oxygen atoms in total. The first-order chi connectivity index (χ1) is 12.1. The number of carbonyl (C=O) groups is 1. The zero-order valence-electron chi connectivity index (χ0n) is 15.1. The Morgan fingerprint density at radius 3 is 2.80 bits per heavy atom. The van der Waals surface area contributed by atoms with E-state index in [1.165, 1.54) is 23.7 Å². The first-order valence-corrected chi connectivity index (χ1v) is 9.84. The molecule has 2 atom stereocenters. The number of hydrogen-bond donors (Lipinski definition) is 0. The quantitative estimate of drug-likeness (QED) is 0.744. The average molecular weight is 359 g/mol. The molecule has 0 saturated carbocycles. The summed E-state index contributed by atoms with van der Waals surface area (Å²) in [5.41, 5.74) is 2.08. The van der Waals surface area contributed by atoms with Gasteiger partial charge in [0, 0.05) is 18.2 Å². The number of likely N-dealkylation sites (tertiary alicyclic amines) is 1. The standard InChI is InChI=1S/C19H25N3O2S/c1-4-16-7-5-6-12-22(16)18(23)14(3)25-19-21-20-17(24-19)15-10-8-13(2)9-11-15/h8-11,14,16H,4-7,12H2,1-3H3. The van der Waals surface area contributed by atoms with Crippen molar-refractivity contribution in [3.8, 4) is 11.5 Å². The molecule has 1 aliphatic rings. The number of benzene rings is 1. The number of aryl methyl sites for hydroxylation is 1. The van der Waals surface area contributed by atoms with Gasteiger partial charge in [0.05, 0.1) is 5.25 Å². The molecular formula is C19H25N3O2S. The minimum absolute atomic E-state index is 0.173. The molecule has 0 aliphatic carbocycles. The van der Waals surface area contributed by atoms with Crippen LogP contribution in [0.4, 0.5) is 0 Å². The third-order valence-electron chi connectivity index (χ3n) is 4.71. The Morgan fingerprint density at radius 1 is 1.32 bits per heavy atom. The van der Waals surface area contributed by atoms with Gasteiger partial charge in [-0.1, -0.05) is 36.4 Å². The van der Waals surface area contributed by atoms with Crippen LogP contribution in [0, 0.1) is 6.92 Å². The van der Waals surface area contributed by atoms with Gasteiger partial charge in [0.1, 0.15) is 0 Å². The van der Waals surface area contributed by atoms with Gasteiger partial charge in [-0.2, -0.15) is 0 Å². The molecule has 25 heavy (non-hydrogen) atoms. The predicted molar refractivity (Wildman–Crippen MR) is 99.4 cm³/mol. The van der Waals surface area contributed by atoms with E-state index in [2.05, 4.69) is 17.1 Å². The molecule has 6 heteroatoms. The first-order valence-electron chi connectivity index (χ1n) is 8.96. The predicted octanol–water partition coefficient (Wildman–Crippen LogP) is 4.32. The number of carbonyl (C=O) groups excluding carboxylic acids is 1. The fraction of sp³-hybridized carbons (Fsp3) is 0.526. The number of thioether (sulfide) groups is 1. The lowest BCUT2D eigenvalue weighted by Gasteiger charge is -2.36. The Labute approximate surface area is 153 Å². The minimum atomic E-state index is -0.224. The third-order valence-corrected chi connectivity index (χ3v) is 5.63. The Hall–Kier alpha value is -1.82. The van der Waals surface area contributed by atoms with Gasteiger partial charge in [0.25, 0.3) is 5.22 Å². The van der Waals surface area contributed by atoms with Gasteiger partial charge in [0.2, 0.25) is 11.8 Å². The Morgan fingerprint density at radius 2 is 2.08 bits per heavy atom. The average Bonchev–Trinajstić information content (AvgIpc) is 3.10. The van der Waals surface area contributed by atoms with E-state index in [0.29, 0.717) is 17.2 Å². The van der Waals surface area contributed by atoms with E-state index in [1.807, 2.05) is 43.0 Å². The molecule has 134 valence electrons. The molecule has 0 spiro atoms. The van der Waals surface area contributed by atoms with Gasteiger partial charge in [-0.25, -0.2) is 0 Å². The van der Waals surface area contributed by atoms with Crippen LogP contribution >= 0.6 is 11.8 Å². The van der Waals surface area contributed by atoms with Crippen molar-refractivity contribution in [1.82, 2.24) is 15.1 Å². The summed E-state index contributed by atoms with van der Waals surface area (Å²) in [5.74, 6) is 0.665. The summed E-state index contributed by atoms with van der Waals surface area (Å²) < 4.78 is 5.74. The highest BCUT2D eigenvalue weighted by Crippen LogP contribution is 2.29. The summed E-state index contributed by atoms with van der Waals surface area (Å²) in [6.45, 7) is 6.97. The van der Waals surface area contributed by atoms with Crippen molar-refractivity contribution in [2.45, 2.75) is 63.0 Å². The number of piperidine rings is 1. The SMILES string of the molecule is CCC1CCCCN1C(=O)C(C)Sc1nnc(-c2ccc(C)cc2)o1. The summed E-state index contributed by atoms with van der Waals surface area (Å²) in [4.78, 5) is 14.8. The number of hydrogen-bond acceptors (Lipinski definition) is 5. The molecule has 0 N–H and O–H groups in total. The summed E-state index contributed by atoms with van der Waals surface area (Å²) in [6.07, 6.45) is 4.43. The Kier molecular flexibility index (Phi) is 5.78. The van der Waals surface area contributed by atoms with Crippen LogP contribution in [0.5, 0.6) is 0 Å². The summed E-state index contributed by atoms with van der Waals surface area (Å²) in [7, 11) is 0. The topological polar surface area (TPSA) is 59.2 Å². The lowest BCUT2D eigenvalue weighted by molar-refractivity contribution is -0.134. The highest BCUT2D eigenvalue weighted by atomic mass is 32.2. The van der Waals surface area contributed by atoms with E-state index in [1.54, 1.807) is 0 Å². The van der Waals surface area contributed by atoms with E-state index in [0.717, 1.165) is 31.4 Å². The molecule has 3 rings (SSSR count). The van der Waals surface area contributed by atoms with Gasteiger partial charge in [0.15, 0.2) is 0 Å². The zero-order valence-corrected chi connectivity index (χ0v) is 15.9. The van der Waals surface area contributed by atoms with E-state index in [9.17, 15) is 4.79 Å². The molecule has 1 aliphatic heterocycles. The molecule has 1 fully saturated rings. The molecular weight excluding hydrogens is 334 g/mol. The number of aromatic nitrogens is 2. The van der Waals surface area contributed by atoms with Gasteiger partial charge in [-0.15, -0.1) is 10.2 Å². The Bertz CT molecular complexity index is 714. The van der Waals surface area contributed by atoms with Crippen LogP contribution < -0.4 is 0 Å². The number of rotatable bonds is 5. The first kappa shape index (κ1) is 18.0. The molecule has 2 unspecified atom stereocenters. The van der Waals surface area contributed by atoms with Crippen LogP contribution in [-0.4, -0.2) is 38.8 Å². The van der Waals surface area contributed by atoms with E-state index >= 15 is 0 Å². The fourth-order valence-corrected chi connectivity index (χ4v) is 3.97. The maximum Gasteiger partial charge on any atom is 0.277 e. The van der Waals surface area contributed by atoms with Crippen LogP contribution in [0.25, 0.3) is 11.5 Å². The monoisotopic (exact) mass is 359 g/mol. The summed E-state index contributed by atoms with van der Waals surface area (Å²) >= 11 is 1.35. The molecule has 0 bridgehead atoms. The second-order valence-corrected chi connectivity index (χ2v) is 7.88. The van der Waals surface area contributed by atoms with Crippen molar-refractivity contribution in [3.05, 3.63) is 29.8 Å². The maximum absolute atomic E-state index is 12.8. The van der Waals surface area contributed by atoms with Crippen molar-refractivity contribution >= 4 is 17.7 Å². The van der Waals surface area contributed by atoms with E-state index in [4.69, 9.17) is 4.42 Å². The Balaban J connectivity index is 1.65. The molecule has 2 aromatic rings. The molecule has 1 saturated heterocycles. The highest BCUT2D eigenvalue weighted by Gasteiger charge is 2.30. The third kappa shape index (κ3) is 4.24. The largest absolute Gasteiger partial charge is 0.411 e. The van der Waals surface area contributed by atoms with Gasteiger partial charge >= 0.3 is 0 Å². The van der Waals surface area contributed by atoms with Crippen LogP contribution in [-0.2, 0) is 4.79 Å². The van der Waals surface area contributed by atoms with Gasteiger partial charge < -0.3 is 9.32 Å². The molecule has 2 heterocycles. The van der Waals surface area contributed by atoms with Crippen LogP contribution in [0.1, 0.15) is 45.1 Å². The van der Waals surface area contributed by atoms with E-state index < -0.39 is 0 Å². The van der Waals surface area contributed by atoms with Crippen molar-refractivity contribution in [3.63, 3.8) is 0 Å². The fourth-order valence-electron chi connectivity index (χ4n) is 3.22. The summed E-state index contributed by atoms with van der Waals surface area (Å²) in [6, 6.07) is 8.33. The highest BCUT2D eigenvalue weighted by molar-refractivity contribution is 8.00. The van der Waals surface area contributed by atoms with Crippen molar-refractivity contribution < 1.29 is 9.21 Å². The molecule has 1 amide bonds. The zero-order chi connectivity index (χ0) is 17.8. The molecule has 1 aromatic carbocycles. The van der Waals surface area contributed by atoms with Gasteiger partial charge in [-0.3, -0.25) is 4.79 Å².